The summed E-state index contributed by atoms with van der Waals surface area (Å²) in [6.07, 6.45) is 39.9. The maximum Gasteiger partial charge on any atom is 0.472 e. The van der Waals surface area contributed by atoms with Crippen LogP contribution in [0.15, 0.2) is 48.6 Å². The van der Waals surface area contributed by atoms with Crippen LogP contribution in [0.1, 0.15) is 162 Å². The van der Waals surface area contributed by atoms with Crippen molar-refractivity contribution in [3.8, 4) is 0 Å². The van der Waals surface area contributed by atoms with Gasteiger partial charge < -0.3 is 20.1 Å². The average Bonchev–Trinajstić information content (AvgIpc) is 3.10. The number of phosphoric acid groups is 1. The molecule has 2 atom stereocenters. The second kappa shape index (κ2) is 36.8. The standard InChI is InChI=1S/C40H72NO8P/c1-3-5-7-9-11-13-15-17-19-21-22-24-26-28-30-32-39(42)46-36-38(37-48-50(44,45)47-35-34-41)49-40(43)33-31-29-27-25-23-20-18-16-14-12-10-8-6-4-2/h10-13,16-19,38H,3-9,14-15,20-37,41H2,1-2H3,(H,44,45)/b12-10-,13-11-,18-16-,19-17-/t38-/m1/s1. The van der Waals surface area contributed by atoms with Crippen LogP contribution in [0.5, 0.6) is 0 Å². The number of rotatable bonds is 36. The molecule has 0 aromatic heterocycles. The third kappa shape index (κ3) is 35.8. The summed E-state index contributed by atoms with van der Waals surface area (Å²) >= 11 is 0. The second-order valence-corrected chi connectivity index (χ2v) is 14.2. The summed E-state index contributed by atoms with van der Waals surface area (Å²) in [5, 5.41) is 0. The Hall–Kier alpha value is -2.03. The highest BCUT2D eigenvalue weighted by atomic mass is 31.2. The molecule has 0 bridgehead atoms. The quantitative estimate of drug-likeness (QED) is 0.0280. The van der Waals surface area contributed by atoms with Crippen molar-refractivity contribution in [2.75, 3.05) is 26.4 Å². The summed E-state index contributed by atoms with van der Waals surface area (Å²) in [6, 6.07) is 0. The largest absolute Gasteiger partial charge is 0.472 e. The first kappa shape index (κ1) is 48.0. The molecule has 0 rings (SSSR count). The Labute approximate surface area is 305 Å². The van der Waals surface area contributed by atoms with Crippen molar-refractivity contribution in [1.29, 1.82) is 0 Å². The summed E-state index contributed by atoms with van der Waals surface area (Å²) in [6.45, 7) is 3.61. The van der Waals surface area contributed by atoms with E-state index in [2.05, 4.69) is 62.5 Å². The van der Waals surface area contributed by atoms with Gasteiger partial charge in [-0.3, -0.25) is 18.6 Å². The number of hydrogen-bond acceptors (Lipinski definition) is 8. The Balaban J connectivity index is 4.27. The van der Waals surface area contributed by atoms with Gasteiger partial charge in [-0.1, -0.05) is 127 Å². The lowest BCUT2D eigenvalue weighted by atomic mass is 10.1. The number of hydrogen-bond donors (Lipinski definition) is 2. The van der Waals surface area contributed by atoms with E-state index in [-0.39, 0.29) is 32.6 Å². The van der Waals surface area contributed by atoms with Crippen LogP contribution in [-0.4, -0.2) is 49.3 Å². The van der Waals surface area contributed by atoms with Gasteiger partial charge in [0.2, 0.25) is 0 Å². The normalized spacial score (nSPS) is 13.9. The highest BCUT2D eigenvalue weighted by Crippen LogP contribution is 2.43. The third-order valence-corrected chi connectivity index (χ3v) is 8.92. The summed E-state index contributed by atoms with van der Waals surface area (Å²) in [5.41, 5.74) is 5.33. The smallest absolute Gasteiger partial charge is 0.462 e. The summed E-state index contributed by atoms with van der Waals surface area (Å²) in [4.78, 5) is 34.7. The molecule has 0 aromatic rings. The first-order chi connectivity index (χ1) is 24.3. The maximum absolute atomic E-state index is 12.5. The van der Waals surface area contributed by atoms with Gasteiger partial charge in [0.25, 0.3) is 0 Å². The molecule has 290 valence electrons. The number of allylic oxidation sites excluding steroid dienone is 8. The Bertz CT molecular complexity index is 965. The Morgan fingerprint density at radius 2 is 1.06 bits per heavy atom. The van der Waals surface area contributed by atoms with Gasteiger partial charge in [-0.2, -0.15) is 0 Å². The van der Waals surface area contributed by atoms with Crippen LogP contribution >= 0.6 is 7.82 Å². The molecule has 50 heavy (non-hydrogen) atoms. The van der Waals surface area contributed by atoms with Gasteiger partial charge in [0.05, 0.1) is 13.2 Å². The summed E-state index contributed by atoms with van der Waals surface area (Å²) in [7, 11) is -4.38. The van der Waals surface area contributed by atoms with E-state index in [1.807, 2.05) is 0 Å². The lowest BCUT2D eigenvalue weighted by molar-refractivity contribution is -0.161. The van der Waals surface area contributed by atoms with Gasteiger partial charge in [-0.05, 0) is 70.6 Å². The summed E-state index contributed by atoms with van der Waals surface area (Å²) in [5.74, 6) is -0.865. The molecule has 0 amide bonds. The van der Waals surface area contributed by atoms with Crippen molar-refractivity contribution in [2.45, 2.75) is 168 Å². The molecule has 0 aliphatic carbocycles. The second-order valence-electron chi connectivity index (χ2n) is 12.8. The molecule has 0 saturated carbocycles. The molecule has 9 nitrogen and oxygen atoms in total. The average molecular weight is 726 g/mol. The molecule has 0 aliphatic heterocycles. The fourth-order valence-electron chi connectivity index (χ4n) is 4.97. The SMILES string of the molecule is CCCC/C=C\C/C=C\CCCCCCCC(=O)O[C@H](COC(=O)CCCCCCC/C=C\C/C=C\CCCCC)COP(=O)(O)OCCN. The molecule has 0 spiro atoms. The van der Waals surface area contributed by atoms with E-state index in [1.165, 1.54) is 38.5 Å². The number of ether oxygens (including phenoxy) is 2. The predicted octanol–water partition coefficient (Wildman–Crippen LogP) is 10.8. The number of esters is 2. The number of carbonyl (C=O) groups excluding carboxylic acids is 2. The van der Waals surface area contributed by atoms with Crippen LogP contribution in [0.25, 0.3) is 0 Å². The van der Waals surface area contributed by atoms with E-state index >= 15 is 0 Å². The number of unbranched alkanes of at least 4 members (excludes halogenated alkanes) is 15. The fraction of sp³-hybridized carbons (Fsp3) is 0.750. The van der Waals surface area contributed by atoms with Crippen LogP contribution in [0.3, 0.4) is 0 Å². The van der Waals surface area contributed by atoms with Crippen molar-refractivity contribution in [3.05, 3.63) is 48.6 Å². The zero-order valence-corrected chi connectivity index (χ0v) is 32.5. The van der Waals surface area contributed by atoms with Crippen molar-refractivity contribution in [3.63, 3.8) is 0 Å². The minimum absolute atomic E-state index is 0.0472. The number of phosphoric ester groups is 1. The van der Waals surface area contributed by atoms with E-state index < -0.39 is 32.5 Å². The highest BCUT2D eigenvalue weighted by Gasteiger charge is 2.25. The van der Waals surface area contributed by atoms with Gasteiger partial charge in [0, 0.05) is 19.4 Å². The minimum Gasteiger partial charge on any atom is -0.462 e. The van der Waals surface area contributed by atoms with Crippen molar-refractivity contribution in [1.82, 2.24) is 0 Å². The van der Waals surface area contributed by atoms with Crippen molar-refractivity contribution in [2.24, 2.45) is 5.73 Å². The molecule has 0 heterocycles. The zero-order valence-electron chi connectivity index (χ0n) is 31.6. The number of carbonyl (C=O) groups is 2. The molecule has 10 heteroatoms. The molecular weight excluding hydrogens is 653 g/mol. The molecule has 0 aromatic carbocycles. The summed E-state index contributed by atoms with van der Waals surface area (Å²) < 4.78 is 32.6. The Kier molecular flexibility index (Phi) is 35.3. The number of nitrogens with two attached hydrogens (primary N) is 1. The van der Waals surface area contributed by atoms with Crippen LogP contribution in [0.2, 0.25) is 0 Å². The molecular formula is C40H72NO8P. The predicted molar refractivity (Wildman–Crippen MR) is 206 cm³/mol. The van der Waals surface area contributed by atoms with Gasteiger partial charge in [-0.25, -0.2) is 4.57 Å². The van der Waals surface area contributed by atoms with Crippen LogP contribution in [0, 0.1) is 0 Å². The van der Waals surface area contributed by atoms with E-state index in [4.69, 9.17) is 24.3 Å². The molecule has 0 saturated heterocycles. The highest BCUT2D eigenvalue weighted by molar-refractivity contribution is 7.47. The van der Waals surface area contributed by atoms with E-state index in [0.717, 1.165) is 83.5 Å². The lowest BCUT2D eigenvalue weighted by Gasteiger charge is -2.19. The maximum atomic E-state index is 12.5. The monoisotopic (exact) mass is 725 g/mol. The first-order valence-electron chi connectivity index (χ1n) is 19.6. The van der Waals surface area contributed by atoms with Crippen LogP contribution < -0.4 is 5.73 Å². The fourth-order valence-corrected chi connectivity index (χ4v) is 5.74. The Morgan fingerprint density at radius 3 is 1.58 bits per heavy atom. The topological polar surface area (TPSA) is 134 Å². The Morgan fingerprint density at radius 1 is 0.600 bits per heavy atom. The van der Waals surface area contributed by atoms with Gasteiger partial charge >= 0.3 is 19.8 Å². The van der Waals surface area contributed by atoms with Crippen molar-refractivity contribution >= 4 is 19.8 Å². The van der Waals surface area contributed by atoms with Gasteiger partial charge in [0.1, 0.15) is 6.61 Å². The first-order valence-corrected chi connectivity index (χ1v) is 21.1. The minimum atomic E-state index is -4.38. The van der Waals surface area contributed by atoms with E-state index in [0.29, 0.717) is 12.8 Å². The van der Waals surface area contributed by atoms with Crippen LogP contribution in [-0.2, 0) is 32.7 Å². The van der Waals surface area contributed by atoms with Crippen molar-refractivity contribution < 1.29 is 37.6 Å². The van der Waals surface area contributed by atoms with Crippen LogP contribution in [0.4, 0.5) is 0 Å². The van der Waals surface area contributed by atoms with Gasteiger partial charge in [0.15, 0.2) is 6.10 Å². The molecule has 0 aliphatic rings. The van der Waals surface area contributed by atoms with E-state index in [9.17, 15) is 19.0 Å². The molecule has 0 fully saturated rings. The third-order valence-electron chi connectivity index (χ3n) is 7.94. The lowest BCUT2D eigenvalue weighted by Crippen LogP contribution is -2.29. The molecule has 0 radical (unpaired) electrons. The molecule has 1 unspecified atom stereocenters. The zero-order chi connectivity index (χ0) is 36.8. The molecule has 3 N–H and O–H groups in total. The van der Waals surface area contributed by atoms with Gasteiger partial charge in [-0.15, -0.1) is 0 Å². The van der Waals surface area contributed by atoms with E-state index in [1.54, 1.807) is 0 Å².